The molecule has 26 heavy (non-hydrogen) atoms. The van der Waals surface area contributed by atoms with Crippen molar-refractivity contribution in [2.45, 2.75) is 36.7 Å². The monoisotopic (exact) mass is 407 g/mol. The number of carbonyl (C=O) groups is 1. The van der Waals surface area contributed by atoms with E-state index in [1.54, 1.807) is 0 Å². The van der Waals surface area contributed by atoms with Gasteiger partial charge in [0.05, 0.1) is 45.7 Å². The van der Waals surface area contributed by atoms with E-state index >= 15 is 0 Å². The fourth-order valence-corrected chi connectivity index (χ4v) is 2.18. The summed E-state index contributed by atoms with van der Waals surface area (Å²) in [5.41, 5.74) is -5.58. The van der Waals surface area contributed by atoms with Gasteiger partial charge >= 0.3 is 21.6 Å². The molecule has 0 bridgehead atoms. The van der Waals surface area contributed by atoms with Gasteiger partial charge in [0.25, 0.3) is 0 Å². The molecule has 13 heteroatoms. The highest BCUT2D eigenvalue weighted by Crippen LogP contribution is 2.21. The van der Waals surface area contributed by atoms with E-state index in [9.17, 15) is 26.4 Å². The Balaban J connectivity index is 1.62. The first-order valence-corrected chi connectivity index (χ1v) is 9.34. The third-order valence-corrected chi connectivity index (χ3v) is 4.40. The molecule has 3 atom stereocenters. The largest absolute Gasteiger partial charge is 0.516 e. The van der Waals surface area contributed by atoms with Crippen LogP contribution in [0.25, 0.3) is 0 Å². The molecular formula is C13H20F3NO8S. The summed E-state index contributed by atoms with van der Waals surface area (Å²) >= 11 is 0. The van der Waals surface area contributed by atoms with Crippen molar-refractivity contribution in [3.05, 3.63) is 0 Å². The maximum atomic E-state index is 12.1. The van der Waals surface area contributed by atoms with Gasteiger partial charge in [0.1, 0.15) is 12.2 Å². The van der Waals surface area contributed by atoms with E-state index < -0.39 is 21.6 Å². The Labute approximate surface area is 148 Å². The molecule has 0 spiro atoms. The number of rotatable bonds is 12. The number of nitrogens with one attached hydrogen (secondary N) is 1. The number of amides is 1. The maximum absolute atomic E-state index is 12.1. The lowest BCUT2D eigenvalue weighted by Gasteiger charge is -2.17. The van der Waals surface area contributed by atoms with Gasteiger partial charge in [-0.2, -0.15) is 21.6 Å². The topological polar surface area (TPSA) is 116 Å². The minimum Gasteiger partial charge on any atom is -0.449 e. The van der Waals surface area contributed by atoms with Crippen molar-refractivity contribution in [1.82, 2.24) is 4.72 Å². The highest BCUT2D eigenvalue weighted by atomic mass is 32.2. The fraction of sp³-hybridized carbons (Fsp3) is 0.923. The molecule has 9 nitrogen and oxygen atoms in total. The van der Waals surface area contributed by atoms with Crippen molar-refractivity contribution in [2.24, 2.45) is 0 Å². The Morgan fingerprint density at radius 1 is 1.19 bits per heavy atom. The second-order valence-electron chi connectivity index (χ2n) is 5.73. The van der Waals surface area contributed by atoms with E-state index in [1.165, 1.54) is 0 Å². The minimum absolute atomic E-state index is 0.0545. The minimum atomic E-state index is -5.77. The summed E-state index contributed by atoms with van der Waals surface area (Å²) in [7, 11) is -5.77. The summed E-state index contributed by atoms with van der Waals surface area (Å²) in [5, 5.41) is 0. The maximum Gasteiger partial charge on any atom is 0.516 e. The van der Waals surface area contributed by atoms with Gasteiger partial charge in [-0.1, -0.05) is 0 Å². The summed E-state index contributed by atoms with van der Waals surface area (Å²) in [6.07, 6.45) is -1.20. The number of hydrogen-bond acceptors (Lipinski definition) is 8. The Hall–Kier alpha value is -1.15. The molecule has 0 aromatic carbocycles. The molecule has 2 saturated heterocycles. The first-order chi connectivity index (χ1) is 12.2. The summed E-state index contributed by atoms with van der Waals surface area (Å²) in [6, 6.07) is 0. The van der Waals surface area contributed by atoms with Crippen LogP contribution in [0.2, 0.25) is 0 Å². The molecule has 0 aliphatic carbocycles. The van der Waals surface area contributed by atoms with Gasteiger partial charge in [0.15, 0.2) is 0 Å². The van der Waals surface area contributed by atoms with Crippen LogP contribution in [0.1, 0.15) is 12.8 Å². The Kier molecular flexibility index (Phi) is 7.46. The van der Waals surface area contributed by atoms with Crippen molar-refractivity contribution < 1.29 is 50.1 Å². The summed E-state index contributed by atoms with van der Waals surface area (Å²) in [6.45, 7) is 2.12. The highest BCUT2D eigenvalue weighted by molar-refractivity contribution is 7.90. The third kappa shape index (κ3) is 8.03. The molecule has 0 aromatic rings. The second kappa shape index (κ2) is 9.17. The average molecular weight is 407 g/mol. The van der Waals surface area contributed by atoms with Crippen molar-refractivity contribution in [1.29, 1.82) is 0 Å². The normalized spacial score (nSPS) is 23.3. The van der Waals surface area contributed by atoms with Gasteiger partial charge in [0.2, 0.25) is 0 Å². The number of halogens is 3. The van der Waals surface area contributed by atoms with E-state index in [4.69, 9.17) is 18.9 Å². The molecule has 2 rings (SSSR count). The molecule has 0 aromatic heterocycles. The Morgan fingerprint density at radius 2 is 1.81 bits per heavy atom. The molecule has 152 valence electrons. The zero-order valence-corrected chi connectivity index (χ0v) is 14.5. The van der Waals surface area contributed by atoms with Gasteiger partial charge in [-0.25, -0.2) is 9.52 Å². The van der Waals surface area contributed by atoms with Crippen molar-refractivity contribution in [3.63, 3.8) is 0 Å². The molecular weight excluding hydrogens is 387 g/mol. The number of alkyl halides is 3. The van der Waals surface area contributed by atoms with E-state index in [2.05, 4.69) is 4.74 Å². The Bertz CT molecular complexity index is 562. The van der Waals surface area contributed by atoms with Crippen LogP contribution in [0, 0.1) is 0 Å². The quantitative estimate of drug-likeness (QED) is 0.368. The zero-order valence-electron chi connectivity index (χ0n) is 13.7. The average Bonchev–Trinajstić information content (AvgIpc) is 3.41. The van der Waals surface area contributed by atoms with Gasteiger partial charge in [-0.05, 0) is 12.8 Å². The van der Waals surface area contributed by atoms with Crippen molar-refractivity contribution >= 4 is 16.1 Å². The first-order valence-electron chi connectivity index (χ1n) is 7.86. The van der Waals surface area contributed by atoms with Crippen LogP contribution in [-0.2, 0) is 33.7 Å². The molecule has 2 aliphatic rings. The van der Waals surface area contributed by atoms with Gasteiger partial charge < -0.3 is 23.7 Å². The van der Waals surface area contributed by atoms with Crippen molar-refractivity contribution in [2.75, 3.05) is 39.6 Å². The van der Waals surface area contributed by atoms with Crippen LogP contribution >= 0.6 is 0 Å². The lowest BCUT2D eigenvalue weighted by molar-refractivity contribution is -0.0448. The predicted molar refractivity (Wildman–Crippen MR) is 78.7 cm³/mol. The number of carbonyl (C=O) groups excluding carboxylic acids is 1. The predicted octanol–water partition coefficient (Wildman–Crippen LogP) is 0.542. The Morgan fingerprint density at radius 3 is 2.38 bits per heavy atom. The van der Waals surface area contributed by atoms with Crippen LogP contribution in [0.3, 0.4) is 0 Å². The van der Waals surface area contributed by atoms with Crippen LogP contribution in [-0.4, -0.2) is 78.0 Å². The third-order valence-electron chi connectivity index (χ3n) is 3.36. The highest BCUT2D eigenvalue weighted by Gasteiger charge is 2.47. The second-order valence-corrected chi connectivity index (χ2v) is 7.41. The van der Waals surface area contributed by atoms with E-state index in [0.29, 0.717) is 32.8 Å². The van der Waals surface area contributed by atoms with Crippen molar-refractivity contribution in [3.8, 4) is 0 Å². The van der Waals surface area contributed by atoms with Crippen LogP contribution in [0.15, 0.2) is 0 Å². The molecule has 3 unspecified atom stereocenters. The van der Waals surface area contributed by atoms with Crippen LogP contribution < -0.4 is 4.72 Å². The molecule has 0 radical (unpaired) electrons. The number of ether oxygens (including phenoxy) is 5. The molecule has 2 fully saturated rings. The van der Waals surface area contributed by atoms with Gasteiger partial charge in [-0.15, -0.1) is 0 Å². The molecule has 1 N–H and O–H groups in total. The SMILES string of the molecule is O=C(NS(=O)(=O)C(F)(F)F)OCCCC(COCC1CO1)OCC1CO1. The fourth-order valence-electron chi connectivity index (χ4n) is 1.79. The lowest BCUT2D eigenvalue weighted by Crippen LogP contribution is -2.40. The summed E-state index contributed by atoms with van der Waals surface area (Å²) in [5.74, 6) is 0. The molecule has 0 saturated carbocycles. The summed E-state index contributed by atoms with van der Waals surface area (Å²) < 4.78 is 84.1. The van der Waals surface area contributed by atoms with E-state index in [0.717, 1.165) is 4.72 Å². The lowest BCUT2D eigenvalue weighted by atomic mass is 10.2. The standard InChI is InChI=1S/C13H20F3NO8S/c14-13(15,16)26(19,20)17-12(18)22-3-1-2-9(23-7-11-8-25-11)4-21-5-10-6-24-10/h9-11H,1-8H2,(H,17,18). The van der Waals surface area contributed by atoms with Crippen LogP contribution in [0.5, 0.6) is 0 Å². The molecule has 1 amide bonds. The number of epoxide rings is 2. The van der Waals surface area contributed by atoms with Gasteiger partial charge in [0, 0.05) is 0 Å². The number of sulfonamides is 1. The smallest absolute Gasteiger partial charge is 0.449 e. The van der Waals surface area contributed by atoms with Gasteiger partial charge in [-0.3, -0.25) is 0 Å². The van der Waals surface area contributed by atoms with E-state index in [1.807, 2.05) is 0 Å². The molecule has 2 aliphatic heterocycles. The zero-order chi connectivity index (χ0) is 19.2. The van der Waals surface area contributed by atoms with E-state index in [-0.39, 0.29) is 37.9 Å². The number of hydrogen-bond donors (Lipinski definition) is 1. The first kappa shape index (κ1) is 21.2. The summed E-state index contributed by atoms with van der Waals surface area (Å²) in [4.78, 5) is 11.1. The van der Waals surface area contributed by atoms with Crippen LogP contribution in [0.4, 0.5) is 18.0 Å². The molecule has 2 heterocycles.